The van der Waals surface area contributed by atoms with E-state index < -0.39 is 54.3 Å². The van der Waals surface area contributed by atoms with Crippen molar-refractivity contribution in [1.29, 1.82) is 0 Å². The summed E-state index contributed by atoms with van der Waals surface area (Å²) in [6, 6.07) is 24.0. The van der Waals surface area contributed by atoms with Gasteiger partial charge in [-0.3, -0.25) is 50.0 Å². The minimum Gasteiger partial charge on any atom is -0.457 e. The minimum atomic E-state index is -0.833. The second kappa shape index (κ2) is 14.3. The molecule has 0 saturated heterocycles. The lowest BCUT2D eigenvalue weighted by atomic mass is 10.1. The standard InChI is InChI=1S/C32H20N6O12/c39-31(19-12-23(35(41)42)16-24(13-19)36(43)44)33-21-4-8-27(9-5-21)49-29-2-1-3-30(18-29)50-28-10-6-22(7-11-28)34-32(40)20-14-25(37(45)46)17-26(15-20)38(47)48/h1-18H,(H,33,39)(H,34,40). The van der Waals surface area contributed by atoms with Crippen molar-refractivity contribution in [2.45, 2.75) is 0 Å². The Balaban J connectivity index is 1.19. The summed E-state index contributed by atoms with van der Waals surface area (Å²) in [5, 5.41) is 49.6. The highest BCUT2D eigenvalue weighted by Crippen LogP contribution is 2.30. The lowest BCUT2D eigenvalue weighted by Gasteiger charge is -2.11. The number of anilines is 2. The van der Waals surface area contributed by atoms with Crippen LogP contribution in [0.15, 0.2) is 109 Å². The van der Waals surface area contributed by atoms with Crippen LogP contribution in [0.1, 0.15) is 20.7 Å². The van der Waals surface area contributed by atoms with E-state index in [4.69, 9.17) is 9.47 Å². The molecule has 0 aliphatic carbocycles. The monoisotopic (exact) mass is 680 g/mol. The average molecular weight is 681 g/mol. The highest BCUT2D eigenvalue weighted by Gasteiger charge is 2.21. The zero-order chi connectivity index (χ0) is 35.9. The SMILES string of the molecule is O=C(Nc1ccc(Oc2cccc(Oc3ccc(NC(=O)c4cc([N+](=O)[O-])cc([N+](=O)[O-])c4)cc3)c2)cc1)c1cc([N+](=O)[O-])cc([N+](=O)[O-])c1. The predicted molar refractivity (Wildman–Crippen MR) is 175 cm³/mol. The molecule has 0 aromatic heterocycles. The van der Waals surface area contributed by atoms with Gasteiger partial charge in [0.2, 0.25) is 0 Å². The van der Waals surface area contributed by atoms with Crippen molar-refractivity contribution in [3.05, 3.63) is 161 Å². The molecule has 0 bridgehead atoms. The van der Waals surface area contributed by atoms with Crippen LogP contribution < -0.4 is 20.1 Å². The van der Waals surface area contributed by atoms with Gasteiger partial charge in [0.05, 0.1) is 43.0 Å². The molecular weight excluding hydrogens is 660 g/mol. The van der Waals surface area contributed by atoms with E-state index in [0.29, 0.717) is 34.4 Å². The summed E-state index contributed by atoms with van der Waals surface area (Å²) in [7, 11) is 0. The van der Waals surface area contributed by atoms with Gasteiger partial charge >= 0.3 is 0 Å². The lowest BCUT2D eigenvalue weighted by molar-refractivity contribution is -0.394. The van der Waals surface area contributed by atoms with Gasteiger partial charge in [-0.05, 0) is 60.7 Å². The molecule has 0 fully saturated rings. The third-order valence-corrected chi connectivity index (χ3v) is 6.67. The molecule has 0 radical (unpaired) electrons. The average Bonchev–Trinajstić information content (AvgIpc) is 3.09. The van der Waals surface area contributed by atoms with Crippen LogP contribution in [0.3, 0.4) is 0 Å². The third kappa shape index (κ3) is 8.33. The number of hydrogen-bond donors (Lipinski definition) is 2. The van der Waals surface area contributed by atoms with Gasteiger partial charge in [-0.1, -0.05) is 6.07 Å². The number of hydrogen-bond acceptors (Lipinski definition) is 12. The fourth-order valence-electron chi connectivity index (χ4n) is 4.37. The highest BCUT2D eigenvalue weighted by molar-refractivity contribution is 6.05. The number of nitro benzene ring substituents is 4. The van der Waals surface area contributed by atoms with Gasteiger partial charge in [0.25, 0.3) is 34.6 Å². The molecule has 50 heavy (non-hydrogen) atoms. The Morgan fingerprint density at radius 2 is 0.760 bits per heavy atom. The lowest BCUT2D eigenvalue weighted by Crippen LogP contribution is -2.12. The molecule has 5 aromatic carbocycles. The molecular formula is C32H20N6O12. The Kier molecular flexibility index (Phi) is 9.64. The van der Waals surface area contributed by atoms with Crippen LogP contribution in [0.4, 0.5) is 34.1 Å². The van der Waals surface area contributed by atoms with Gasteiger partial charge in [0.15, 0.2) is 0 Å². The van der Waals surface area contributed by atoms with Gasteiger partial charge in [0, 0.05) is 41.7 Å². The van der Waals surface area contributed by atoms with Crippen molar-refractivity contribution in [2.24, 2.45) is 0 Å². The highest BCUT2D eigenvalue weighted by atomic mass is 16.6. The summed E-state index contributed by atoms with van der Waals surface area (Å²) in [4.78, 5) is 66.5. The van der Waals surface area contributed by atoms with E-state index in [0.717, 1.165) is 36.4 Å². The second-order valence-corrected chi connectivity index (χ2v) is 10.1. The van der Waals surface area contributed by atoms with Gasteiger partial charge in [-0.2, -0.15) is 0 Å². The molecule has 2 N–H and O–H groups in total. The van der Waals surface area contributed by atoms with Gasteiger partial charge in [-0.15, -0.1) is 0 Å². The summed E-state index contributed by atoms with van der Waals surface area (Å²) in [6.07, 6.45) is 0. The first-order valence-corrected chi connectivity index (χ1v) is 14.0. The molecule has 18 heteroatoms. The van der Waals surface area contributed by atoms with Crippen LogP contribution in [0.5, 0.6) is 23.0 Å². The molecule has 0 heterocycles. The van der Waals surface area contributed by atoms with Crippen molar-refractivity contribution in [2.75, 3.05) is 10.6 Å². The second-order valence-electron chi connectivity index (χ2n) is 10.1. The molecule has 0 saturated carbocycles. The van der Waals surface area contributed by atoms with E-state index in [1.165, 1.54) is 48.5 Å². The molecule has 2 amide bonds. The molecule has 18 nitrogen and oxygen atoms in total. The fourth-order valence-corrected chi connectivity index (χ4v) is 4.37. The zero-order valence-electron chi connectivity index (χ0n) is 25.1. The molecule has 0 atom stereocenters. The van der Waals surface area contributed by atoms with Gasteiger partial charge < -0.3 is 20.1 Å². The first-order valence-electron chi connectivity index (χ1n) is 14.0. The first kappa shape index (κ1) is 33.6. The number of amides is 2. The summed E-state index contributed by atoms with van der Waals surface area (Å²) in [6.45, 7) is 0. The van der Waals surface area contributed by atoms with Crippen LogP contribution in [0.2, 0.25) is 0 Å². The zero-order valence-corrected chi connectivity index (χ0v) is 25.1. The quantitative estimate of drug-likeness (QED) is 0.0965. The first-order chi connectivity index (χ1) is 23.8. The molecule has 0 aliphatic heterocycles. The van der Waals surface area contributed by atoms with Crippen molar-refractivity contribution < 1.29 is 38.8 Å². The summed E-state index contributed by atoms with van der Waals surface area (Å²) >= 11 is 0. The summed E-state index contributed by atoms with van der Waals surface area (Å²) in [5.41, 5.74) is -2.35. The van der Waals surface area contributed by atoms with E-state index in [2.05, 4.69) is 10.6 Å². The largest absolute Gasteiger partial charge is 0.457 e. The van der Waals surface area contributed by atoms with Crippen molar-refractivity contribution in [3.63, 3.8) is 0 Å². The van der Waals surface area contributed by atoms with Crippen molar-refractivity contribution in [3.8, 4) is 23.0 Å². The van der Waals surface area contributed by atoms with Gasteiger partial charge in [-0.25, -0.2) is 0 Å². The number of non-ortho nitro benzene ring substituents is 4. The minimum absolute atomic E-state index is 0.267. The number of ether oxygens (including phenoxy) is 2. The van der Waals surface area contributed by atoms with Crippen LogP contribution in [-0.2, 0) is 0 Å². The number of carbonyl (C=O) groups is 2. The summed E-state index contributed by atoms with van der Waals surface area (Å²) in [5.74, 6) is -0.0594. The van der Waals surface area contributed by atoms with Gasteiger partial charge in [0.1, 0.15) is 23.0 Å². The molecule has 0 unspecified atom stereocenters. The van der Waals surface area contributed by atoms with Crippen LogP contribution in [0, 0.1) is 40.5 Å². The Hall–Kier alpha value is -7.76. The van der Waals surface area contributed by atoms with E-state index in [9.17, 15) is 50.0 Å². The van der Waals surface area contributed by atoms with E-state index in [1.54, 1.807) is 24.3 Å². The molecule has 250 valence electrons. The number of benzene rings is 5. The van der Waals surface area contributed by atoms with Crippen LogP contribution >= 0.6 is 0 Å². The predicted octanol–water partition coefficient (Wildman–Crippen LogP) is 7.41. The Bertz CT molecular complexity index is 1960. The van der Waals surface area contributed by atoms with Crippen LogP contribution in [0.25, 0.3) is 0 Å². The molecule has 0 spiro atoms. The maximum Gasteiger partial charge on any atom is 0.277 e. The number of rotatable bonds is 12. The van der Waals surface area contributed by atoms with Crippen molar-refractivity contribution >= 4 is 45.9 Å². The fraction of sp³-hybridized carbons (Fsp3) is 0. The maximum atomic E-state index is 12.7. The van der Waals surface area contributed by atoms with E-state index >= 15 is 0 Å². The van der Waals surface area contributed by atoms with E-state index in [-0.39, 0.29) is 11.1 Å². The number of nitrogens with one attached hydrogen (secondary N) is 2. The van der Waals surface area contributed by atoms with Crippen LogP contribution in [-0.4, -0.2) is 31.5 Å². The number of carbonyl (C=O) groups excluding carboxylic acids is 2. The maximum absolute atomic E-state index is 12.7. The number of nitro groups is 4. The Morgan fingerprint density at radius 1 is 0.440 bits per heavy atom. The third-order valence-electron chi connectivity index (χ3n) is 6.67. The Labute approximate surface area is 279 Å². The molecule has 0 aliphatic rings. The smallest absolute Gasteiger partial charge is 0.277 e. The topological polar surface area (TPSA) is 249 Å². The number of nitrogens with zero attached hydrogens (tertiary/aromatic N) is 4. The Morgan fingerprint density at radius 3 is 1.06 bits per heavy atom. The van der Waals surface area contributed by atoms with E-state index in [1.807, 2.05) is 0 Å². The molecule has 5 rings (SSSR count). The normalized spacial score (nSPS) is 10.4. The molecule has 5 aromatic rings. The van der Waals surface area contributed by atoms with Crippen molar-refractivity contribution in [1.82, 2.24) is 0 Å². The summed E-state index contributed by atoms with van der Waals surface area (Å²) < 4.78 is 11.7.